The number of hydrogen-bond donors (Lipinski definition) is 2. The van der Waals surface area contributed by atoms with Gasteiger partial charge in [0.2, 0.25) is 0 Å². The minimum atomic E-state index is -0.225. The Morgan fingerprint density at radius 1 is 1.26 bits per heavy atom. The maximum absolute atomic E-state index is 12.4. The molecule has 3 heterocycles. The van der Waals surface area contributed by atoms with Crippen LogP contribution < -0.4 is 10.6 Å². The summed E-state index contributed by atoms with van der Waals surface area (Å²) in [5, 5.41) is 19.6. The van der Waals surface area contributed by atoms with Gasteiger partial charge in [-0.3, -0.25) is 14.6 Å². The maximum atomic E-state index is 12.4. The maximum Gasteiger partial charge on any atom is 0.254 e. The molecule has 2 atom stereocenters. The third-order valence-electron chi connectivity index (χ3n) is 5.86. The fourth-order valence-electron chi connectivity index (χ4n) is 4.20. The van der Waals surface area contributed by atoms with Crippen molar-refractivity contribution in [1.82, 2.24) is 19.9 Å². The van der Waals surface area contributed by atoms with E-state index in [2.05, 4.69) is 26.8 Å². The number of ketones is 1. The van der Waals surface area contributed by atoms with Crippen LogP contribution in [-0.2, 0) is 4.79 Å². The van der Waals surface area contributed by atoms with Gasteiger partial charge in [0.25, 0.3) is 5.91 Å². The summed E-state index contributed by atoms with van der Waals surface area (Å²) < 4.78 is 1.72. The lowest BCUT2D eigenvalue weighted by Gasteiger charge is -2.18. The van der Waals surface area contributed by atoms with Crippen LogP contribution in [0, 0.1) is 17.2 Å². The van der Waals surface area contributed by atoms with E-state index in [1.807, 2.05) is 25.1 Å². The molecule has 31 heavy (non-hydrogen) atoms. The first-order chi connectivity index (χ1) is 15.0. The Hall–Kier alpha value is -3.73. The van der Waals surface area contributed by atoms with Crippen molar-refractivity contribution in [2.24, 2.45) is 5.92 Å². The van der Waals surface area contributed by atoms with Gasteiger partial charge in [0.1, 0.15) is 11.9 Å². The van der Waals surface area contributed by atoms with Gasteiger partial charge in [-0.1, -0.05) is 6.92 Å². The molecule has 1 aliphatic carbocycles. The number of fused-ring (bicyclic) bond motifs is 1. The molecule has 1 saturated carbocycles. The zero-order valence-corrected chi connectivity index (χ0v) is 17.6. The predicted octanol–water partition coefficient (Wildman–Crippen LogP) is 3.19. The third kappa shape index (κ3) is 3.99. The van der Waals surface area contributed by atoms with Gasteiger partial charge in [0, 0.05) is 31.6 Å². The van der Waals surface area contributed by atoms with Crippen molar-refractivity contribution >= 4 is 22.9 Å². The monoisotopic (exact) mass is 416 g/mol. The molecule has 4 rings (SSSR count). The van der Waals surface area contributed by atoms with E-state index in [-0.39, 0.29) is 17.9 Å². The second kappa shape index (κ2) is 8.56. The predicted molar refractivity (Wildman–Crippen MR) is 117 cm³/mol. The summed E-state index contributed by atoms with van der Waals surface area (Å²) in [6.07, 6.45) is 6.15. The number of amides is 1. The summed E-state index contributed by atoms with van der Waals surface area (Å²) in [5.41, 5.74) is 3.83. The third-order valence-corrected chi connectivity index (χ3v) is 5.86. The minimum Gasteiger partial charge on any atom is -0.382 e. The van der Waals surface area contributed by atoms with Gasteiger partial charge in [0.05, 0.1) is 39.9 Å². The fourth-order valence-corrected chi connectivity index (χ4v) is 4.20. The van der Waals surface area contributed by atoms with Gasteiger partial charge in [-0.2, -0.15) is 10.4 Å². The smallest absolute Gasteiger partial charge is 0.254 e. The van der Waals surface area contributed by atoms with E-state index < -0.39 is 0 Å². The molecule has 0 aliphatic heterocycles. The molecule has 0 radical (unpaired) electrons. The molecule has 158 valence electrons. The van der Waals surface area contributed by atoms with Crippen LogP contribution in [0.1, 0.15) is 48.5 Å². The summed E-state index contributed by atoms with van der Waals surface area (Å²) in [6, 6.07) is 9.59. The number of anilines is 1. The van der Waals surface area contributed by atoms with Crippen molar-refractivity contribution in [2.45, 2.75) is 38.6 Å². The number of Topliss-reactive ketones (excluding diaryl/α,β-unsaturated/α-hetero) is 1. The first kappa shape index (κ1) is 20.5. The Labute approximate surface area is 180 Å². The number of rotatable bonds is 6. The minimum absolute atomic E-state index is 0.0837. The molecular formula is C23H24N6O2. The molecule has 0 aromatic carbocycles. The second-order valence-corrected chi connectivity index (χ2v) is 7.78. The van der Waals surface area contributed by atoms with Gasteiger partial charge in [0.15, 0.2) is 0 Å². The van der Waals surface area contributed by atoms with Crippen molar-refractivity contribution in [2.75, 3.05) is 12.4 Å². The molecule has 8 nitrogen and oxygen atoms in total. The number of nitrogens with zero attached hydrogens (tertiary/aromatic N) is 4. The first-order valence-corrected chi connectivity index (χ1v) is 10.4. The van der Waals surface area contributed by atoms with Crippen molar-refractivity contribution in [3.05, 3.63) is 47.8 Å². The number of nitriles is 1. The molecule has 1 amide bonds. The quantitative estimate of drug-likeness (QED) is 0.638. The Balaban J connectivity index is 1.68. The van der Waals surface area contributed by atoms with Gasteiger partial charge in [-0.15, -0.1) is 0 Å². The molecule has 1 fully saturated rings. The highest BCUT2D eigenvalue weighted by atomic mass is 16.1. The zero-order valence-electron chi connectivity index (χ0n) is 17.6. The van der Waals surface area contributed by atoms with Crippen LogP contribution in [0.3, 0.4) is 0 Å². The number of nitrogens with one attached hydrogen (secondary N) is 2. The highest BCUT2D eigenvalue weighted by molar-refractivity contribution is 5.99. The van der Waals surface area contributed by atoms with Crippen molar-refractivity contribution in [1.29, 1.82) is 5.26 Å². The van der Waals surface area contributed by atoms with Crippen LogP contribution in [0.2, 0.25) is 0 Å². The Kier molecular flexibility index (Phi) is 5.67. The van der Waals surface area contributed by atoms with Gasteiger partial charge >= 0.3 is 0 Å². The lowest BCUT2D eigenvalue weighted by molar-refractivity contribution is -0.122. The van der Waals surface area contributed by atoms with Gasteiger partial charge in [-0.25, -0.2) is 4.52 Å². The average molecular weight is 416 g/mol. The molecule has 1 aliphatic rings. The van der Waals surface area contributed by atoms with E-state index in [0.29, 0.717) is 34.7 Å². The van der Waals surface area contributed by atoms with Crippen LogP contribution in [0.25, 0.3) is 16.9 Å². The van der Waals surface area contributed by atoms with Crippen LogP contribution in [0.15, 0.2) is 36.7 Å². The van der Waals surface area contributed by atoms with Crippen LogP contribution >= 0.6 is 0 Å². The van der Waals surface area contributed by atoms with Crippen molar-refractivity contribution in [3.63, 3.8) is 0 Å². The van der Waals surface area contributed by atoms with Gasteiger partial charge < -0.3 is 10.6 Å². The topological polar surface area (TPSA) is 112 Å². The molecule has 3 aromatic rings. The zero-order chi connectivity index (χ0) is 22.0. The fraction of sp³-hybridized carbons (Fsp3) is 0.348. The molecule has 0 bridgehead atoms. The SMILES string of the molecule is CCC(=O)[C@@H]1CC[C@H](Nc2cc(-c3ccc4cc(C#N)cnn34)ncc2C(=O)NC)C1. The second-order valence-electron chi connectivity index (χ2n) is 7.78. The van der Waals surface area contributed by atoms with Crippen molar-refractivity contribution < 1.29 is 9.59 Å². The summed E-state index contributed by atoms with van der Waals surface area (Å²) in [7, 11) is 1.59. The lowest BCUT2D eigenvalue weighted by atomic mass is 10.0. The highest BCUT2D eigenvalue weighted by Crippen LogP contribution is 2.32. The van der Waals surface area contributed by atoms with E-state index in [0.717, 1.165) is 30.5 Å². The normalized spacial score (nSPS) is 18.0. The van der Waals surface area contributed by atoms with Gasteiger partial charge in [-0.05, 0) is 43.5 Å². The average Bonchev–Trinajstić information content (AvgIpc) is 3.44. The highest BCUT2D eigenvalue weighted by Gasteiger charge is 2.29. The summed E-state index contributed by atoms with van der Waals surface area (Å²) >= 11 is 0. The molecule has 0 unspecified atom stereocenters. The summed E-state index contributed by atoms with van der Waals surface area (Å²) in [6.45, 7) is 1.90. The van der Waals surface area contributed by atoms with E-state index >= 15 is 0 Å². The van der Waals surface area contributed by atoms with E-state index in [1.165, 1.54) is 6.20 Å². The largest absolute Gasteiger partial charge is 0.382 e. The number of carbonyl (C=O) groups excluding carboxylic acids is 2. The summed E-state index contributed by atoms with van der Waals surface area (Å²) in [5.74, 6) is 0.159. The summed E-state index contributed by atoms with van der Waals surface area (Å²) in [4.78, 5) is 29.0. The standard InChI is InChI=1S/C23H24N6O2/c1-3-22(30)15-4-5-16(9-15)28-19-10-20(26-13-18(19)23(31)25-2)21-7-6-17-8-14(11-24)12-27-29(17)21/h6-8,10,12-13,15-16H,3-5,9H2,1-2H3,(H,25,31)(H,26,28)/t15-,16+/m1/s1. The molecule has 0 saturated heterocycles. The number of hydrogen-bond acceptors (Lipinski definition) is 6. The Morgan fingerprint density at radius 3 is 2.84 bits per heavy atom. The molecule has 2 N–H and O–H groups in total. The number of pyridine rings is 1. The van der Waals surface area contributed by atoms with Crippen LogP contribution in [0.4, 0.5) is 5.69 Å². The molecule has 3 aromatic heterocycles. The first-order valence-electron chi connectivity index (χ1n) is 10.4. The Bertz CT molecular complexity index is 1190. The lowest BCUT2D eigenvalue weighted by Crippen LogP contribution is -2.23. The van der Waals surface area contributed by atoms with E-state index in [1.54, 1.807) is 23.8 Å². The number of carbonyl (C=O) groups is 2. The number of aromatic nitrogens is 3. The molecule has 8 heteroatoms. The van der Waals surface area contributed by atoms with Crippen LogP contribution in [0.5, 0.6) is 0 Å². The van der Waals surface area contributed by atoms with Crippen molar-refractivity contribution in [3.8, 4) is 17.5 Å². The van der Waals surface area contributed by atoms with E-state index in [4.69, 9.17) is 5.26 Å². The molecular weight excluding hydrogens is 392 g/mol. The van der Waals surface area contributed by atoms with Crippen LogP contribution in [-0.4, -0.2) is 39.4 Å². The molecule has 0 spiro atoms. The Morgan fingerprint density at radius 2 is 2.10 bits per heavy atom. The van der Waals surface area contributed by atoms with E-state index in [9.17, 15) is 9.59 Å².